The molecule has 1 amide bonds. The van der Waals surface area contributed by atoms with E-state index in [1.807, 2.05) is 0 Å². The van der Waals surface area contributed by atoms with Crippen LogP contribution < -0.4 is 0 Å². The molecule has 0 atom stereocenters. The van der Waals surface area contributed by atoms with Crippen molar-refractivity contribution in [2.45, 2.75) is 12.8 Å². The van der Waals surface area contributed by atoms with Crippen molar-refractivity contribution < 1.29 is 15.0 Å². The average Bonchev–Trinajstić information content (AvgIpc) is 2.11. The van der Waals surface area contributed by atoms with Crippen LogP contribution in [0.2, 0.25) is 0 Å². The van der Waals surface area contributed by atoms with Crippen molar-refractivity contribution in [2.24, 2.45) is 0 Å². The quantitative estimate of drug-likeness (QED) is 0.330. The Morgan fingerprint density at radius 2 is 2.08 bits per heavy atom. The fourth-order valence-electron chi connectivity index (χ4n) is 0.794. The zero-order chi connectivity index (χ0) is 9.40. The van der Waals surface area contributed by atoms with Crippen LogP contribution in [0.1, 0.15) is 12.8 Å². The maximum Gasteiger partial charge on any atom is 0.247 e. The Bertz CT molecular complexity index is 147. The molecule has 0 aromatic heterocycles. The summed E-state index contributed by atoms with van der Waals surface area (Å²) in [5.74, 6) is -0.282. The topological polar surface area (TPSA) is 60.8 Å². The summed E-state index contributed by atoms with van der Waals surface area (Å²) in [6.45, 7) is 3.58. The minimum Gasteiger partial charge on any atom is -0.396 e. The van der Waals surface area contributed by atoms with Gasteiger partial charge in [-0.1, -0.05) is 6.58 Å². The van der Waals surface area contributed by atoms with Crippen LogP contribution in [0.15, 0.2) is 12.7 Å². The van der Waals surface area contributed by atoms with E-state index in [1.165, 1.54) is 4.90 Å². The first-order chi connectivity index (χ1) is 5.76. The molecule has 0 radical (unpaired) electrons. The van der Waals surface area contributed by atoms with Gasteiger partial charge in [-0.15, -0.1) is 0 Å². The predicted octanol–water partition coefficient (Wildman–Crippen LogP) is -0.277. The number of nitrogens with zero attached hydrogens (tertiary/aromatic N) is 1. The van der Waals surface area contributed by atoms with Crippen LogP contribution in [0.4, 0.5) is 0 Å². The van der Waals surface area contributed by atoms with Crippen LogP contribution in [0, 0.1) is 0 Å². The molecule has 70 valence electrons. The van der Waals surface area contributed by atoms with Crippen LogP contribution in [-0.4, -0.2) is 40.9 Å². The highest BCUT2D eigenvalue weighted by Gasteiger charge is 2.06. The molecule has 0 saturated carbocycles. The largest absolute Gasteiger partial charge is 0.396 e. The molecule has 0 aliphatic heterocycles. The Morgan fingerprint density at radius 3 is 2.50 bits per heavy atom. The predicted molar refractivity (Wildman–Crippen MR) is 45.3 cm³/mol. The van der Waals surface area contributed by atoms with E-state index in [-0.39, 0.29) is 19.2 Å². The van der Waals surface area contributed by atoms with Crippen molar-refractivity contribution in [1.29, 1.82) is 0 Å². The number of hydrogen-bond donors (Lipinski definition) is 2. The van der Waals surface area contributed by atoms with Crippen molar-refractivity contribution in [3.05, 3.63) is 12.7 Å². The lowest BCUT2D eigenvalue weighted by Gasteiger charge is -2.17. The number of aliphatic hydroxyl groups is 2. The number of carbonyl (C=O) groups excluding carboxylic acids is 1. The van der Waals surface area contributed by atoms with Gasteiger partial charge in [-0.25, -0.2) is 0 Å². The Kier molecular flexibility index (Phi) is 6.32. The lowest BCUT2D eigenvalue weighted by atomic mass is 10.3. The van der Waals surface area contributed by atoms with Gasteiger partial charge in [0.2, 0.25) is 5.91 Å². The van der Waals surface area contributed by atoms with E-state index in [2.05, 4.69) is 6.58 Å². The summed E-state index contributed by atoms with van der Waals surface area (Å²) in [4.78, 5) is 12.2. The van der Waals surface area contributed by atoms with Gasteiger partial charge in [0, 0.05) is 13.2 Å². The number of amides is 1. The summed E-state index contributed by atoms with van der Waals surface area (Å²) in [5, 5.41) is 17.2. The molecule has 4 heteroatoms. The summed E-state index contributed by atoms with van der Waals surface area (Å²) < 4.78 is 0. The lowest BCUT2D eigenvalue weighted by Crippen LogP contribution is -2.31. The summed E-state index contributed by atoms with van der Waals surface area (Å²) in [6, 6.07) is 0. The normalized spacial score (nSPS) is 9.50. The molecule has 2 N–H and O–H groups in total. The average molecular weight is 173 g/mol. The van der Waals surface area contributed by atoms with Crippen molar-refractivity contribution in [3.63, 3.8) is 0 Å². The van der Waals surface area contributed by atoms with Gasteiger partial charge in [0.25, 0.3) is 0 Å². The van der Waals surface area contributed by atoms with Gasteiger partial charge in [0.05, 0.1) is 0 Å². The Hall–Kier alpha value is -0.870. The molecule has 0 bridgehead atoms. The summed E-state index contributed by atoms with van der Waals surface area (Å²) in [7, 11) is 0. The van der Waals surface area contributed by atoms with Crippen molar-refractivity contribution >= 4 is 5.91 Å². The molecule has 0 rings (SSSR count). The molecule has 0 aromatic carbocycles. The fraction of sp³-hybridized carbons (Fsp3) is 0.625. The van der Waals surface area contributed by atoms with Gasteiger partial charge in [0.1, 0.15) is 6.73 Å². The molecule has 0 aliphatic carbocycles. The van der Waals surface area contributed by atoms with Gasteiger partial charge in [-0.3, -0.25) is 4.79 Å². The third-order valence-corrected chi connectivity index (χ3v) is 1.49. The molecule has 0 heterocycles. The van der Waals surface area contributed by atoms with E-state index in [1.54, 1.807) is 0 Å². The van der Waals surface area contributed by atoms with Gasteiger partial charge in [-0.2, -0.15) is 0 Å². The Labute approximate surface area is 72.1 Å². The minimum absolute atomic E-state index is 0.113. The molecule has 0 aromatic rings. The SMILES string of the molecule is C=CC(=O)N(CO)CCCCO. The number of carbonyl (C=O) groups is 1. The monoisotopic (exact) mass is 173 g/mol. The molecule has 0 fully saturated rings. The Morgan fingerprint density at radius 1 is 1.42 bits per heavy atom. The van der Waals surface area contributed by atoms with Gasteiger partial charge < -0.3 is 15.1 Å². The second-order valence-electron chi connectivity index (χ2n) is 2.38. The van der Waals surface area contributed by atoms with Crippen molar-refractivity contribution in [2.75, 3.05) is 19.9 Å². The molecule has 0 saturated heterocycles. The van der Waals surface area contributed by atoms with Crippen LogP contribution in [-0.2, 0) is 4.79 Å². The number of rotatable bonds is 6. The van der Waals surface area contributed by atoms with E-state index in [0.29, 0.717) is 19.4 Å². The molecular weight excluding hydrogens is 158 g/mol. The van der Waals surface area contributed by atoms with E-state index >= 15 is 0 Å². The van der Waals surface area contributed by atoms with Gasteiger partial charge in [-0.05, 0) is 18.9 Å². The first kappa shape index (κ1) is 11.1. The summed E-state index contributed by atoms with van der Waals surface area (Å²) >= 11 is 0. The highest BCUT2D eigenvalue weighted by atomic mass is 16.3. The van der Waals surface area contributed by atoms with Crippen molar-refractivity contribution in [3.8, 4) is 0 Å². The highest BCUT2D eigenvalue weighted by Crippen LogP contribution is 1.95. The summed E-state index contributed by atoms with van der Waals surface area (Å²) in [5.41, 5.74) is 0. The van der Waals surface area contributed by atoms with Gasteiger partial charge >= 0.3 is 0 Å². The zero-order valence-electron chi connectivity index (χ0n) is 7.07. The zero-order valence-corrected chi connectivity index (χ0v) is 7.07. The smallest absolute Gasteiger partial charge is 0.247 e. The number of unbranched alkanes of at least 4 members (excludes halogenated alkanes) is 1. The van der Waals surface area contributed by atoms with Gasteiger partial charge in [0.15, 0.2) is 0 Å². The molecular formula is C8H15NO3. The van der Waals surface area contributed by atoms with Crippen molar-refractivity contribution in [1.82, 2.24) is 4.90 Å². The van der Waals surface area contributed by atoms with E-state index in [4.69, 9.17) is 10.2 Å². The van der Waals surface area contributed by atoms with Crippen LogP contribution in [0.5, 0.6) is 0 Å². The maximum absolute atomic E-state index is 10.9. The maximum atomic E-state index is 10.9. The molecule has 0 unspecified atom stereocenters. The third kappa shape index (κ3) is 4.10. The molecule has 12 heavy (non-hydrogen) atoms. The second kappa shape index (κ2) is 6.82. The standard InChI is InChI=1S/C8H15NO3/c1-2-8(12)9(7-11)5-3-4-6-10/h2,10-11H,1,3-7H2. The summed E-state index contributed by atoms with van der Waals surface area (Å²) in [6.07, 6.45) is 2.49. The van der Waals surface area contributed by atoms with Crippen LogP contribution in [0.3, 0.4) is 0 Å². The van der Waals surface area contributed by atoms with Crippen LogP contribution in [0.25, 0.3) is 0 Å². The third-order valence-electron chi connectivity index (χ3n) is 1.49. The van der Waals surface area contributed by atoms with E-state index in [9.17, 15) is 4.79 Å². The number of aliphatic hydroxyl groups excluding tert-OH is 2. The first-order valence-corrected chi connectivity index (χ1v) is 3.89. The molecule has 4 nitrogen and oxygen atoms in total. The Balaban J connectivity index is 3.67. The minimum atomic E-state index is -0.295. The molecule has 0 spiro atoms. The van der Waals surface area contributed by atoms with E-state index in [0.717, 1.165) is 6.08 Å². The van der Waals surface area contributed by atoms with Crippen LogP contribution >= 0.6 is 0 Å². The highest BCUT2D eigenvalue weighted by molar-refractivity contribution is 5.86. The number of hydrogen-bond acceptors (Lipinski definition) is 3. The second-order valence-corrected chi connectivity index (χ2v) is 2.38. The van der Waals surface area contributed by atoms with E-state index < -0.39 is 0 Å². The lowest BCUT2D eigenvalue weighted by molar-refractivity contribution is -0.129. The first-order valence-electron chi connectivity index (χ1n) is 3.89. The fourth-order valence-corrected chi connectivity index (χ4v) is 0.794. The molecule has 0 aliphatic rings.